The van der Waals surface area contributed by atoms with Crippen LogP contribution in [0.15, 0.2) is 30.5 Å². The highest BCUT2D eigenvalue weighted by Crippen LogP contribution is 2.27. The summed E-state index contributed by atoms with van der Waals surface area (Å²) in [6.07, 6.45) is 3.56. The number of carbonyl (C=O) groups is 1. The summed E-state index contributed by atoms with van der Waals surface area (Å²) < 4.78 is 13.0. The maximum absolute atomic E-state index is 13.0. The van der Waals surface area contributed by atoms with Crippen molar-refractivity contribution in [2.45, 2.75) is 12.8 Å². The van der Waals surface area contributed by atoms with E-state index in [0.717, 1.165) is 39.0 Å². The van der Waals surface area contributed by atoms with E-state index < -0.39 is 0 Å². The molecule has 0 saturated carbocycles. The van der Waals surface area contributed by atoms with E-state index in [4.69, 9.17) is 0 Å². The van der Waals surface area contributed by atoms with Crippen LogP contribution in [0.5, 0.6) is 0 Å². The van der Waals surface area contributed by atoms with E-state index >= 15 is 0 Å². The van der Waals surface area contributed by atoms with E-state index in [1.54, 1.807) is 12.1 Å². The van der Waals surface area contributed by atoms with Gasteiger partial charge in [0.2, 0.25) is 0 Å². The number of nitrogens with zero attached hydrogens (tertiary/aromatic N) is 4. The lowest BCUT2D eigenvalue weighted by Gasteiger charge is -2.19. The zero-order chi connectivity index (χ0) is 16.5. The number of carbonyl (C=O) groups excluding carboxylic acids is 1. The maximum atomic E-state index is 13.0. The first-order valence-corrected chi connectivity index (χ1v) is 8.39. The number of halogens is 1. The number of amides is 1. The summed E-state index contributed by atoms with van der Waals surface area (Å²) in [7, 11) is 0. The van der Waals surface area contributed by atoms with Crippen molar-refractivity contribution >= 4 is 5.91 Å². The molecule has 7 heteroatoms. The van der Waals surface area contributed by atoms with Crippen molar-refractivity contribution in [3.8, 4) is 5.69 Å². The van der Waals surface area contributed by atoms with Crippen LogP contribution in [0, 0.1) is 17.7 Å². The Balaban J connectivity index is 1.47. The lowest BCUT2D eigenvalue weighted by molar-refractivity contribution is 0.0752. The number of rotatable bonds is 2. The Bertz CT molecular complexity index is 715. The van der Waals surface area contributed by atoms with Crippen LogP contribution in [0.2, 0.25) is 0 Å². The van der Waals surface area contributed by atoms with E-state index in [-0.39, 0.29) is 11.7 Å². The highest BCUT2D eigenvalue weighted by Gasteiger charge is 2.32. The molecule has 0 spiro atoms. The zero-order valence-corrected chi connectivity index (χ0v) is 13.4. The Hall–Kier alpha value is -2.28. The van der Waals surface area contributed by atoms with Gasteiger partial charge in [-0.25, -0.2) is 4.39 Å². The molecule has 2 atom stereocenters. The molecule has 0 aliphatic carbocycles. The lowest BCUT2D eigenvalue weighted by atomic mass is 9.92. The van der Waals surface area contributed by atoms with Gasteiger partial charge in [-0.3, -0.25) is 4.79 Å². The molecule has 1 aromatic heterocycles. The predicted octanol–water partition coefficient (Wildman–Crippen LogP) is 1.48. The minimum atomic E-state index is -0.313. The van der Waals surface area contributed by atoms with Gasteiger partial charge in [-0.15, -0.1) is 5.10 Å². The fourth-order valence-corrected chi connectivity index (χ4v) is 3.64. The van der Waals surface area contributed by atoms with E-state index in [9.17, 15) is 9.18 Å². The van der Waals surface area contributed by atoms with Crippen LogP contribution in [-0.2, 0) is 0 Å². The van der Waals surface area contributed by atoms with Gasteiger partial charge in [-0.05, 0) is 62.0 Å². The van der Waals surface area contributed by atoms with Gasteiger partial charge in [0.05, 0.1) is 11.9 Å². The molecule has 2 fully saturated rings. The lowest BCUT2D eigenvalue weighted by Crippen LogP contribution is -2.33. The summed E-state index contributed by atoms with van der Waals surface area (Å²) in [6.45, 7) is 3.66. The van der Waals surface area contributed by atoms with Crippen molar-refractivity contribution in [3.63, 3.8) is 0 Å². The molecule has 1 amide bonds. The SMILES string of the molecule is O=C(c1cnn(-c2ccc(F)cc2)n1)N1CC[C@@H]2CNC[C@@H]2CC1. The van der Waals surface area contributed by atoms with Crippen LogP contribution in [-0.4, -0.2) is 52.0 Å². The first-order valence-electron chi connectivity index (χ1n) is 8.39. The Kier molecular flexibility index (Phi) is 4.02. The third-order valence-corrected chi connectivity index (χ3v) is 5.08. The summed E-state index contributed by atoms with van der Waals surface area (Å²) >= 11 is 0. The number of fused-ring (bicyclic) bond motifs is 1. The molecule has 0 bridgehead atoms. The number of likely N-dealkylation sites (tertiary alicyclic amines) is 1. The van der Waals surface area contributed by atoms with Crippen molar-refractivity contribution in [2.75, 3.05) is 26.2 Å². The molecule has 3 heterocycles. The third-order valence-electron chi connectivity index (χ3n) is 5.08. The van der Waals surface area contributed by atoms with Gasteiger partial charge in [-0.1, -0.05) is 0 Å². The average Bonchev–Trinajstić information content (AvgIpc) is 3.21. The van der Waals surface area contributed by atoms with Crippen LogP contribution >= 0.6 is 0 Å². The molecular formula is C17H20FN5O. The Labute approximate surface area is 139 Å². The molecule has 0 radical (unpaired) electrons. The average molecular weight is 329 g/mol. The second kappa shape index (κ2) is 6.32. The number of aromatic nitrogens is 3. The Morgan fingerprint density at radius 3 is 2.46 bits per heavy atom. The standard InChI is InChI=1S/C17H20FN5O/c18-14-1-3-15(4-2-14)23-20-11-16(21-23)17(24)22-7-5-12-9-19-10-13(12)6-8-22/h1-4,11-13,19H,5-10H2/t12-,13+. The van der Waals surface area contributed by atoms with E-state index in [2.05, 4.69) is 15.5 Å². The van der Waals surface area contributed by atoms with Crippen LogP contribution in [0.1, 0.15) is 23.3 Å². The number of hydrogen-bond acceptors (Lipinski definition) is 4. The second-order valence-corrected chi connectivity index (χ2v) is 6.54. The number of nitrogens with one attached hydrogen (secondary N) is 1. The third kappa shape index (κ3) is 2.91. The van der Waals surface area contributed by atoms with E-state index in [0.29, 0.717) is 23.2 Å². The molecule has 2 aromatic rings. The normalized spacial score (nSPS) is 23.8. The van der Waals surface area contributed by atoms with Crippen molar-refractivity contribution in [1.82, 2.24) is 25.2 Å². The number of benzene rings is 1. The summed E-state index contributed by atoms with van der Waals surface area (Å²) in [5.41, 5.74) is 0.969. The summed E-state index contributed by atoms with van der Waals surface area (Å²) in [4.78, 5) is 16.0. The highest BCUT2D eigenvalue weighted by atomic mass is 19.1. The summed E-state index contributed by atoms with van der Waals surface area (Å²) in [5, 5.41) is 11.8. The molecule has 1 aromatic carbocycles. The fraction of sp³-hybridized carbons (Fsp3) is 0.471. The van der Waals surface area contributed by atoms with Crippen LogP contribution in [0.3, 0.4) is 0 Å². The Morgan fingerprint density at radius 1 is 1.12 bits per heavy atom. The summed E-state index contributed by atoms with van der Waals surface area (Å²) in [5.74, 6) is 0.971. The van der Waals surface area contributed by atoms with Gasteiger partial charge in [0, 0.05) is 13.1 Å². The van der Waals surface area contributed by atoms with E-state index in [1.807, 2.05) is 4.90 Å². The molecule has 2 aliphatic heterocycles. The first-order chi connectivity index (χ1) is 11.7. The molecule has 2 saturated heterocycles. The molecular weight excluding hydrogens is 309 g/mol. The van der Waals surface area contributed by atoms with Gasteiger partial charge in [0.15, 0.2) is 5.69 Å². The Morgan fingerprint density at radius 2 is 1.79 bits per heavy atom. The van der Waals surface area contributed by atoms with Gasteiger partial charge in [0.1, 0.15) is 5.82 Å². The smallest absolute Gasteiger partial charge is 0.276 e. The number of hydrogen-bond donors (Lipinski definition) is 1. The van der Waals surface area contributed by atoms with Gasteiger partial charge >= 0.3 is 0 Å². The summed E-state index contributed by atoms with van der Waals surface area (Å²) in [6, 6.07) is 5.87. The molecule has 2 aliphatic rings. The molecule has 1 N–H and O–H groups in total. The minimum absolute atomic E-state index is 0.0729. The van der Waals surface area contributed by atoms with Gasteiger partial charge in [0.25, 0.3) is 5.91 Å². The largest absolute Gasteiger partial charge is 0.337 e. The predicted molar refractivity (Wildman–Crippen MR) is 86.3 cm³/mol. The monoisotopic (exact) mass is 329 g/mol. The first kappa shape index (κ1) is 15.3. The van der Waals surface area contributed by atoms with Crippen LogP contribution in [0.25, 0.3) is 5.69 Å². The van der Waals surface area contributed by atoms with Crippen molar-refractivity contribution in [1.29, 1.82) is 0 Å². The second-order valence-electron chi connectivity index (χ2n) is 6.54. The molecule has 4 rings (SSSR count). The highest BCUT2D eigenvalue weighted by molar-refractivity contribution is 5.92. The quantitative estimate of drug-likeness (QED) is 0.906. The van der Waals surface area contributed by atoms with Crippen LogP contribution in [0.4, 0.5) is 4.39 Å². The molecule has 0 unspecified atom stereocenters. The van der Waals surface area contributed by atoms with E-state index in [1.165, 1.54) is 23.1 Å². The minimum Gasteiger partial charge on any atom is -0.337 e. The van der Waals surface area contributed by atoms with Gasteiger partial charge < -0.3 is 10.2 Å². The molecule has 126 valence electrons. The van der Waals surface area contributed by atoms with Crippen molar-refractivity contribution in [2.24, 2.45) is 11.8 Å². The maximum Gasteiger partial charge on any atom is 0.276 e. The fourth-order valence-electron chi connectivity index (χ4n) is 3.64. The topological polar surface area (TPSA) is 63.1 Å². The van der Waals surface area contributed by atoms with Crippen molar-refractivity contribution < 1.29 is 9.18 Å². The van der Waals surface area contributed by atoms with Crippen molar-refractivity contribution in [3.05, 3.63) is 42.0 Å². The molecule has 24 heavy (non-hydrogen) atoms. The zero-order valence-electron chi connectivity index (χ0n) is 13.4. The van der Waals surface area contributed by atoms with Gasteiger partial charge in [-0.2, -0.15) is 9.90 Å². The van der Waals surface area contributed by atoms with Crippen LogP contribution < -0.4 is 5.32 Å². The molecule has 6 nitrogen and oxygen atoms in total.